The van der Waals surface area contributed by atoms with Crippen molar-refractivity contribution >= 4 is 34.6 Å². The number of carbonyl (C=O) groups excluding carboxylic acids is 2. The monoisotopic (exact) mass is 416 g/mol. The molecule has 0 unspecified atom stereocenters. The van der Waals surface area contributed by atoms with Gasteiger partial charge in [0.15, 0.2) is 6.61 Å². The molecule has 0 aliphatic heterocycles. The predicted octanol–water partition coefficient (Wildman–Crippen LogP) is 4.58. The second-order valence-electron chi connectivity index (χ2n) is 7.41. The van der Waals surface area contributed by atoms with Gasteiger partial charge in [-0.25, -0.2) is 4.79 Å². The molecule has 0 radical (unpaired) electrons. The second-order valence-corrected chi connectivity index (χ2v) is 8.55. The number of rotatable bonds is 6. The summed E-state index contributed by atoms with van der Waals surface area (Å²) >= 11 is 1.43. The number of nitro groups is 1. The molecule has 0 saturated carbocycles. The highest BCUT2D eigenvalue weighted by Gasteiger charge is 2.23. The molecule has 0 fully saturated rings. The molecule has 2 aromatic rings. The molecule has 0 spiro atoms. The molecule has 0 saturated heterocycles. The Hall–Kier alpha value is -2.74. The van der Waals surface area contributed by atoms with E-state index in [2.05, 4.69) is 12.2 Å². The van der Waals surface area contributed by atoms with E-state index in [1.165, 1.54) is 27.8 Å². The van der Waals surface area contributed by atoms with Gasteiger partial charge >= 0.3 is 5.97 Å². The first-order valence-corrected chi connectivity index (χ1v) is 10.4. The number of carbonyl (C=O) groups is 2. The first-order chi connectivity index (χ1) is 13.8. The summed E-state index contributed by atoms with van der Waals surface area (Å²) in [7, 11) is 0. The topological polar surface area (TPSA) is 98.5 Å². The van der Waals surface area contributed by atoms with Crippen molar-refractivity contribution in [2.75, 3.05) is 11.9 Å². The number of ether oxygens (including phenoxy) is 1. The number of nitro benzene ring substituents is 1. The van der Waals surface area contributed by atoms with Gasteiger partial charge < -0.3 is 10.1 Å². The zero-order valence-corrected chi connectivity index (χ0v) is 17.6. The second kappa shape index (κ2) is 8.73. The van der Waals surface area contributed by atoms with Gasteiger partial charge in [-0.15, -0.1) is 11.3 Å². The lowest BCUT2D eigenvalue weighted by atomic mass is 9.87. The van der Waals surface area contributed by atoms with Crippen molar-refractivity contribution in [2.45, 2.75) is 46.5 Å². The Labute approximate surface area is 173 Å². The minimum absolute atomic E-state index is 0.0938. The number of hydrogen-bond acceptors (Lipinski definition) is 6. The number of fused-ring (bicyclic) bond motifs is 1. The van der Waals surface area contributed by atoms with Crippen molar-refractivity contribution < 1.29 is 19.2 Å². The lowest BCUT2D eigenvalue weighted by Gasteiger charge is -2.19. The van der Waals surface area contributed by atoms with Crippen molar-refractivity contribution in [1.29, 1.82) is 0 Å². The molecule has 3 rings (SSSR count). The van der Waals surface area contributed by atoms with Crippen LogP contribution in [0.3, 0.4) is 0 Å². The van der Waals surface area contributed by atoms with Crippen molar-refractivity contribution in [2.24, 2.45) is 5.92 Å². The summed E-state index contributed by atoms with van der Waals surface area (Å²) in [6.45, 7) is 5.24. The summed E-state index contributed by atoms with van der Waals surface area (Å²) in [6.07, 6.45) is 4.21. The lowest BCUT2D eigenvalue weighted by molar-refractivity contribution is -0.384. The normalized spacial score (nSPS) is 15.5. The summed E-state index contributed by atoms with van der Waals surface area (Å²) in [4.78, 5) is 36.9. The van der Waals surface area contributed by atoms with E-state index in [-0.39, 0.29) is 11.4 Å². The molecule has 154 valence electrons. The maximum atomic E-state index is 12.3. The molecule has 1 aromatic heterocycles. The SMILES string of the molecule is CC[C@H]1CCc2sc(C(=O)OCC(=O)Nc3cc(C)c(C)cc3[N+](=O)[O-])cc2C1. The van der Waals surface area contributed by atoms with Gasteiger partial charge in [-0.05, 0) is 67.9 Å². The van der Waals surface area contributed by atoms with Crippen molar-refractivity contribution in [3.05, 3.63) is 54.8 Å². The molecule has 1 N–H and O–H groups in total. The fourth-order valence-electron chi connectivity index (χ4n) is 3.49. The van der Waals surface area contributed by atoms with E-state index in [1.807, 2.05) is 6.07 Å². The van der Waals surface area contributed by atoms with E-state index in [9.17, 15) is 19.7 Å². The quantitative estimate of drug-likeness (QED) is 0.422. The van der Waals surface area contributed by atoms with E-state index in [0.29, 0.717) is 10.8 Å². The Kier molecular flexibility index (Phi) is 6.32. The van der Waals surface area contributed by atoms with Crippen LogP contribution in [0, 0.1) is 29.9 Å². The van der Waals surface area contributed by atoms with Gasteiger partial charge in [-0.1, -0.05) is 13.3 Å². The first-order valence-electron chi connectivity index (χ1n) is 9.62. The van der Waals surface area contributed by atoms with Crippen molar-refractivity contribution in [3.63, 3.8) is 0 Å². The smallest absolute Gasteiger partial charge is 0.348 e. The van der Waals surface area contributed by atoms with Crippen molar-refractivity contribution in [1.82, 2.24) is 0 Å². The molecule has 1 heterocycles. The number of amides is 1. The fourth-order valence-corrected chi connectivity index (χ4v) is 4.59. The average molecular weight is 416 g/mol. The maximum Gasteiger partial charge on any atom is 0.348 e. The Morgan fingerprint density at radius 3 is 2.69 bits per heavy atom. The summed E-state index contributed by atoms with van der Waals surface area (Å²) in [5, 5.41) is 13.7. The third-order valence-corrected chi connectivity index (χ3v) is 6.60. The number of thiophene rings is 1. The largest absolute Gasteiger partial charge is 0.451 e. The van der Waals surface area contributed by atoms with E-state index < -0.39 is 23.4 Å². The molecule has 1 aromatic carbocycles. The van der Waals surface area contributed by atoms with Gasteiger partial charge in [-0.3, -0.25) is 14.9 Å². The summed E-state index contributed by atoms with van der Waals surface area (Å²) in [5.74, 6) is -0.500. The fraction of sp³-hybridized carbons (Fsp3) is 0.429. The van der Waals surface area contributed by atoms with E-state index in [4.69, 9.17) is 4.74 Å². The highest BCUT2D eigenvalue weighted by molar-refractivity contribution is 7.14. The van der Waals surface area contributed by atoms with Crippen LogP contribution in [0.2, 0.25) is 0 Å². The maximum absolute atomic E-state index is 12.3. The molecular weight excluding hydrogens is 392 g/mol. The third-order valence-electron chi connectivity index (χ3n) is 5.38. The van der Waals surface area contributed by atoms with Crippen LogP contribution in [0.4, 0.5) is 11.4 Å². The molecule has 1 aliphatic carbocycles. The highest BCUT2D eigenvalue weighted by atomic mass is 32.1. The van der Waals surface area contributed by atoms with E-state index >= 15 is 0 Å². The molecule has 0 bridgehead atoms. The van der Waals surface area contributed by atoms with Gasteiger partial charge in [-0.2, -0.15) is 0 Å². The lowest BCUT2D eigenvalue weighted by Crippen LogP contribution is -2.21. The van der Waals surface area contributed by atoms with Gasteiger partial charge in [0.1, 0.15) is 10.6 Å². The minimum Gasteiger partial charge on any atom is -0.451 e. The van der Waals surface area contributed by atoms with Crippen LogP contribution in [0.25, 0.3) is 0 Å². The molecule has 1 atom stereocenters. The highest BCUT2D eigenvalue weighted by Crippen LogP contribution is 2.34. The van der Waals surface area contributed by atoms with Crippen LogP contribution in [-0.2, 0) is 22.4 Å². The van der Waals surface area contributed by atoms with Crippen LogP contribution in [0.15, 0.2) is 18.2 Å². The Balaban J connectivity index is 1.62. The van der Waals surface area contributed by atoms with Gasteiger partial charge in [0.05, 0.1) is 4.92 Å². The first kappa shape index (κ1) is 21.0. The van der Waals surface area contributed by atoms with Crippen LogP contribution >= 0.6 is 11.3 Å². The number of hydrogen-bond donors (Lipinski definition) is 1. The third kappa shape index (κ3) is 4.82. The molecule has 1 amide bonds. The van der Waals surface area contributed by atoms with Gasteiger partial charge in [0, 0.05) is 10.9 Å². The number of nitrogens with zero attached hydrogens (tertiary/aromatic N) is 1. The van der Waals surface area contributed by atoms with Crippen molar-refractivity contribution in [3.8, 4) is 0 Å². The molecule has 7 nitrogen and oxygen atoms in total. The Morgan fingerprint density at radius 1 is 1.28 bits per heavy atom. The number of esters is 1. The molecule has 1 aliphatic rings. The number of benzene rings is 1. The summed E-state index contributed by atoms with van der Waals surface area (Å²) < 4.78 is 5.14. The number of aryl methyl sites for hydroxylation is 3. The van der Waals surface area contributed by atoms with Crippen LogP contribution in [-0.4, -0.2) is 23.4 Å². The zero-order chi connectivity index (χ0) is 21.1. The van der Waals surface area contributed by atoms with Crippen LogP contribution in [0.5, 0.6) is 0 Å². The van der Waals surface area contributed by atoms with Gasteiger partial charge in [0.25, 0.3) is 11.6 Å². The molecule has 8 heteroatoms. The molecular formula is C21H24N2O5S. The van der Waals surface area contributed by atoms with E-state index in [0.717, 1.165) is 36.8 Å². The summed E-state index contributed by atoms with van der Waals surface area (Å²) in [5.41, 5.74) is 2.68. The average Bonchev–Trinajstić information content (AvgIpc) is 3.11. The zero-order valence-electron chi connectivity index (χ0n) is 16.7. The predicted molar refractivity (Wildman–Crippen MR) is 112 cm³/mol. The molecule has 29 heavy (non-hydrogen) atoms. The van der Waals surface area contributed by atoms with E-state index in [1.54, 1.807) is 19.9 Å². The standard InChI is InChI=1S/C21H24N2O5S/c1-4-14-5-6-18-15(9-14)10-19(29-18)21(25)28-11-20(24)22-16-7-12(2)13(3)8-17(16)23(26)27/h7-8,10,14H,4-6,9,11H2,1-3H3,(H,22,24)/t14-/m0/s1. The number of nitrogens with one attached hydrogen (secondary N) is 1. The summed E-state index contributed by atoms with van der Waals surface area (Å²) in [6, 6.07) is 4.83. The van der Waals surface area contributed by atoms with Crippen LogP contribution in [0.1, 0.15) is 51.0 Å². The van der Waals surface area contributed by atoms with Crippen LogP contribution < -0.4 is 5.32 Å². The Bertz CT molecular complexity index is 966. The Morgan fingerprint density at radius 2 is 2.00 bits per heavy atom. The van der Waals surface area contributed by atoms with Gasteiger partial charge in [0.2, 0.25) is 0 Å². The minimum atomic E-state index is -0.614. The number of anilines is 1.